The van der Waals surface area contributed by atoms with Gasteiger partial charge in [-0.1, -0.05) is 0 Å². The third-order valence-electron chi connectivity index (χ3n) is 4.27. The molecule has 0 aromatic rings. The summed E-state index contributed by atoms with van der Waals surface area (Å²) in [5.74, 6) is 0.571. The lowest BCUT2D eigenvalue weighted by molar-refractivity contribution is 0.0963. The Morgan fingerprint density at radius 3 is 2.32 bits per heavy atom. The quantitative estimate of drug-likeness (QED) is 0.342. The van der Waals surface area contributed by atoms with Crippen LogP contribution in [0, 0.1) is 0 Å². The van der Waals surface area contributed by atoms with E-state index < -0.39 is 14.6 Å². The molecule has 0 aromatic carbocycles. The van der Waals surface area contributed by atoms with Crippen LogP contribution in [-0.2, 0) is 14.6 Å². The number of nitrogens with zero attached hydrogens (tertiary/aromatic N) is 2. The summed E-state index contributed by atoms with van der Waals surface area (Å²) in [6.45, 7) is 7.06. The first-order valence-corrected chi connectivity index (χ1v) is 10.1. The molecule has 1 heterocycles. The molecular weight excluding hydrogens is 459 g/mol. The summed E-state index contributed by atoms with van der Waals surface area (Å²) in [5.41, 5.74) is 0. The number of hydrogen-bond donors (Lipinski definition) is 2. The van der Waals surface area contributed by atoms with E-state index in [2.05, 4.69) is 15.6 Å². The summed E-state index contributed by atoms with van der Waals surface area (Å²) in [7, 11) is -1.52. The van der Waals surface area contributed by atoms with Crippen molar-refractivity contribution in [3.05, 3.63) is 0 Å². The number of sulfone groups is 1. The van der Waals surface area contributed by atoms with E-state index >= 15 is 0 Å². The van der Waals surface area contributed by atoms with E-state index in [9.17, 15) is 13.2 Å². The minimum absolute atomic E-state index is 0. The molecule has 10 heteroatoms. The Morgan fingerprint density at radius 1 is 1.32 bits per heavy atom. The Labute approximate surface area is 168 Å². The fraction of sp³-hybridized carbons (Fsp3) is 0.867. The number of aliphatic imine (C=N–C) groups is 1. The number of halogens is 1. The fourth-order valence-corrected chi connectivity index (χ4v) is 2.57. The molecule has 0 atom stereocenters. The van der Waals surface area contributed by atoms with Crippen molar-refractivity contribution in [1.29, 1.82) is 0 Å². The van der Waals surface area contributed by atoms with Crippen LogP contribution < -0.4 is 10.6 Å². The predicted octanol–water partition coefficient (Wildman–Crippen LogP) is 1.21. The van der Waals surface area contributed by atoms with E-state index in [1.54, 1.807) is 32.7 Å². The number of carbonyl (C=O) groups is 1. The third kappa shape index (κ3) is 7.55. The highest BCUT2D eigenvalue weighted by Gasteiger charge is 2.30. The Balaban J connectivity index is 0.00000576. The number of guanidine groups is 1. The van der Waals surface area contributed by atoms with Crippen molar-refractivity contribution >= 4 is 45.9 Å². The molecule has 0 bridgehead atoms. The molecule has 0 saturated carbocycles. The van der Waals surface area contributed by atoms with Gasteiger partial charge in [-0.3, -0.25) is 4.99 Å². The lowest BCUT2D eigenvalue weighted by Gasteiger charge is -2.33. The van der Waals surface area contributed by atoms with Crippen molar-refractivity contribution < 1.29 is 17.9 Å². The van der Waals surface area contributed by atoms with Crippen LogP contribution in [0.4, 0.5) is 4.79 Å². The maximum absolute atomic E-state index is 11.7. The molecule has 0 aliphatic carbocycles. The van der Waals surface area contributed by atoms with Crippen molar-refractivity contribution in [1.82, 2.24) is 15.5 Å². The SMILES string of the molecule is CCOC(=O)N1CCC(NC(=NC)NCC(C)(C)S(C)(=O)=O)CC1.I. The number of likely N-dealkylation sites (tertiary alicyclic amines) is 1. The lowest BCUT2D eigenvalue weighted by atomic mass is 10.1. The van der Waals surface area contributed by atoms with Crippen molar-refractivity contribution in [2.45, 2.75) is 44.4 Å². The van der Waals surface area contributed by atoms with Gasteiger partial charge in [0, 0.05) is 39.0 Å². The number of carbonyl (C=O) groups excluding carboxylic acids is 1. The molecule has 0 unspecified atom stereocenters. The molecule has 0 aromatic heterocycles. The summed E-state index contributed by atoms with van der Waals surface area (Å²) in [4.78, 5) is 17.5. The number of nitrogens with one attached hydrogen (secondary N) is 2. The van der Waals surface area contributed by atoms with E-state index in [4.69, 9.17) is 4.74 Å². The Hall–Kier alpha value is -0.780. The Kier molecular flexibility index (Phi) is 10.1. The Bertz CT molecular complexity index is 558. The number of ether oxygens (including phenoxy) is 1. The zero-order chi connectivity index (χ0) is 18.4. The monoisotopic (exact) mass is 490 g/mol. The Morgan fingerprint density at radius 2 is 1.88 bits per heavy atom. The molecule has 1 fully saturated rings. The first-order valence-electron chi connectivity index (χ1n) is 8.19. The molecule has 1 saturated heterocycles. The van der Waals surface area contributed by atoms with Crippen LogP contribution >= 0.6 is 24.0 Å². The minimum Gasteiger partial charge on any atom is -0.450 e. The molecular formula is C15H31IN4O4S. The van der Waals surface area contributed by atoms with Gasteiger partial charge >= 0.3 is 6.09 Å². The van der Waals surface area contributed by atoms with Gasteiger partial charge in [-0.15, -0.1) is 24.0 Å². The molecule has 1 aliphatic heterocycles. The highest BCUT2D eigenvalue weighted by Crippen LogP contribution is 2.14. The van der Waals surface area contributed by atoms with Gasteiger partial charge in [0.1, 0.15) is 0 Å². The summed E-state index contributed by atoms with van der Waals surface area (Å²) in [5, 5.41) is 6.36. The van der Waals surface area contributed by atoms with Gasteiger partial charge in [0.05, 0.1) is 11.4 Å². The maximum Gasteiger partial charge on any atom is 0.409 e. The zero-order valence-corrected chi connectivity index (χ0v) is 18.8. The number of piperidine rings is 1. The van der Waals surface area contributed by atoms with Crippen LogP contribution in [0.5, 0.6) is 0 Å². The number of hydrogen-bond acceptors (Lipinski definition) is 5. The van der Waals surface area contributed by atoms with Crippen molar-refractivity contribution in [2.75, 3.05) is 39.5 Å². The van der Waals surface area contributed by atoms with Gasteiger partial charge in [-0.05, 0) is 33.6 Å². The average molecular weight is 490 g/mol. The van der Waals surface area contributed by atoms with E-state index in [0.717, 1.165) is 12.8 Å². The molecule has 25 heavy (non-hydrogen) atoms. The zero-order valence-electron chi connectivity index (χ0n) is 15.7. The molecule has 0 spiro atoms. The largest absolute Gasteiger partial charge is 0.450 e. The first-order chi connectivity index (χ1) is 11.1. The van der Waals surface area contributed by atoms with Crippen molar-refractivity contribution in [2.24, 2.45) is 4.99 Å². The molecule has 148 valence electrons. The highest BCUT2D eigenvalue weighted by atomic mass is 127. The van der Waals surface area contributed by atoms with Gasteiger partial charge < -0.3 is 20.3 Å². The number of rotatable bonds is 5. The van der Waals surface area contributed by atoms with Gasteiger partial charge in [-0.25, -0.2) is 13.2 Å². The van der Waals surface area contributed by atoms with E-state index in [1.165, 1.54) is 6.26 Å². The highest BCUT2D eigenvalue weighted by molar-refractivity contribution is 14.0. The second kappa shape index (κ2) is 10.4. The van der Waals surface area contributed by atoms with E-state index in [-0.39, 0.29) is 42.7 Å². The van der Waals surface area contributed by atoms with Crippen LogP contribution in [0.3, 0.4) is 0 Å². The average Bonchev–Trinajstić information content (AvgIpc) is 2.51. The lowest BCUT2D eigenvalue weighted by Crippen LogP contribution is -2.52. The summed E-state index contributed by atoms with van der Waals surface area (Å²) in [6, 6.07) is 0.184. The second-order valence-corrected chi connectivity index (χ2v) is 9.21. The molecule has 1 rings (SSSR count). The van der Waals surface area contributed by atoms with Crippen LogP contribution in [0.25, 0.3) is 0 Å². The molecule has 8 nitrogen and oxygen atoms in total. The van der Waals surface area contributed by atoms with Crippen LogP contribution in [0.1, 0.15) is 33.6 Å². The molecule has 1 aliphatic rings. The standard InChI is InChI=1S/C15H30N4O4S.HI/c1-6-23-14(20)19-9-7-12(8-10-19)18-13(16-4)17-11-15(2,3)24(5,21)22;/h12H,6-11H2,1-5H3,(H2,16,17,18);1H. The molecule has 0 radical (unpaired) electrons. The van der Waals surface area contributed by atoms with Crippen molar-refractivity contribution in [3.63, 3.8) is 0 Å². The maximum atomic E-state index is 11.7. The van der Waals surface area contributed by atoms with Gasteiger partial charge in [0.2, 0.25) is 0 Å². The molecule has 1 amide bonds. The van der Waals surface area contributed by atoms with Crippen LogP contribution in [0.2, 0.25) is 0 Å². The van der Waals surface area contributed by atoms with Crippen molar-refractivity contribution in [3.8, 4) is 0 Å². The smallest absolute Gasteiger partial charge is 0.409 e. The predicted molar refractivity (Wildman–Crippen MR) is 110 cm³/mol. The topological polar surface area (TPSA) is 100 Å². The summed E-state index contributed by atoms with van der Waals surface area (Å²) in [6.07, 6.45) is 2.54. The third-order valence-corrected chi connectivity index (χ3v) is 6.42. The minimum atomic E-state index is -3.16. The van der Waals surface area contributed by atoms with Gasteiger partial charge in [-0.2, -0.15) is 0 Å². The van der Waals surface area contributed by atoms with E-state index in [1.807, 2.05) is 0 Å². The number of amides is 1. The van der Waals surface area contributed by atoms with Crippen LogP contribution in [-0.4, -0.2) is 75.7 Å². The van der Waals surface area contributed by atoms with Gasteiger partial charge in [0.25, 0.3) is 0 Å². The summed E-state index contributed by atoms with van der Waals surface area (Å²) < 4.78 is 27.6. The fourth-order valence-electron chi connectivity index (χ4n) is 2.24. The summed E-state index contributed by atoms with van der Waals surface area (Å²) >= 11 is 0. The molecule has 2 N–H and O–H groups in total. The van der Waals surface area contributed by atoms with E-state index in [0.29, 0.717) is 25.7 Å². The second-order valence-electron chi connectivity index (χ2n) is 6.56. The van der Waals surface area contributed by atoms with Gasteiger partial charge in [0.15, 0.2) is 15.8 Å². The normalized spacial score (nSPS) is 16.8. The first kappa shape index (κ1) is 24.2. The van der Waals surface area contributed by atoms with Crippen LogP contribution in [0.15, 0.2) is 4.99 Å².